The summed E-state index contributed by atoms with van der Waals surface area (Å²) >= 11 is 8.97. The minimum absolute atomic E-state index is 0.197. The summed E-state index contributed by atoms with van der Waals surface area (Å²) in [7, 11) is 0. The number of hydrogen-bond donors (Lipinski definition) is 1. The van der Waals surface area contributed by atoms with Crippen LogP contribution in [0.4, 0.5) is 5.69 Å². The van der Waals surface area contributed by atoms with Crippen LogP contribution in [0, 0.1) is 6.92 Å². The van der Waals surface area contributed by atoms with E-state index in [0.717, 1.165) is 10.4 Å². The zero-order chi connectivity index (χ0) is 21.3. The molecule has 0 bridgehead atoms. The summed E-state index contributed by atoms with van der Waals surface area (Å²) < 4.78 is 3.04. The molecule has 9 heteroatoms. The highest BCUT2D eigenvalue weighted by molar-refractivity contribution is 7.17. The fourth-order valence-electron chi connectivity index (χ4n) is 3.24. The third-order valence-corrected chi connectivity index (χ3v) is 7.08. The van der Waals surface area contributed by atoms with Gasteiger partial charge in [0.1, 0.15) is 11.2 Å². The number of amides is 1. The fraction of sp³-hybridized carbons (Fsp3) is 0.190. The van der Waals surface area contributed by atoms with Gasteiger partial charge in [0.25, 0.3) is 5.56 Å². The van der Waals surface area contributed by atoms with Gasteiger partial charge >= 0.3 is 5.69 Å². The molecule has 0 spiro atoms. The zero-order valence-electron chi connectivity index (χ0n) is 16.1. The van der Waals surface area contributed by atoms with Gasteiger partial charge in [-0.25, -0.2) is 4.79 Å². The van der Waals surface area contributed by atoms with Crippen LogP contribution in [0.2, 0.25) is 5.02 Å². The Hall–Kier alpha value is -2.68. The van der Waals surface area contributed by atoms with Gasteiger partial charge in [-0.05, 0) is 53.9 Å². The first-order valence-electron chi connectivity index (χ1n) is 9.24. The average molecular weight is 460 g/mol. The standard InChI is InChI=1S/C21H18ClN3O3S2/c1-13-15(22)5-2-6-16(13)23-18(26)12-25-17-8-11-30-19(17)20(27)24(21(25)28)9-7-14-4-3-10-29-14/h2-6,8,10-11H,7,9,12H2,1H3,(H,23,26). The van der Waals surface area contributed by atoms with Crippen molar-refractivity contribution in [2.45, 2.75) is 26.4 Å². The first-order chi connectivity index (χ1) is 14.5. The number of aryl methyl sites for hydroxylation is 1. The molecule has 0 saturated carbocycles. The number of fused-ring (bicyclic) bond motifs is 1. The minimum atomic E-state index is -0.486. The molecular weight excluding hydrogens is 442 g/mol. The molecule has 0 atom stereocenters. The van der Waals surface area contributed by atoms with Crippen LogP contribution in [0.15, 0.2) is 56.7 Å². The lowest BCUT2D eigenvalue weighted by atomic mass is 10.2. The molecule has 30 heavy (non-hydrogen) atoms. The molecule has 0 fully saturated rings. The number of thiophene rings is 2. The van der Waals surface area contributed by atoms with Crippen molar-refractivity contribution in [2.24, 2.45) is 0 Å². The van der Waals surface area contributed by atoms with Crippen molar-refractivity contribution in [3.05, 3.63) is 83.5 Å². The van der Waals surface area contributed by atoms with Gasteiger partial charge in [0, 0.05) is 22.1 Å². The van der Waals surface area contributed by atoms with Crippen LogP contribution in [-0.2, 0) is 24.3 Å². The predicted molar refractivity (Wildman–Crippen MR) is 123 cm³/mol. The quantitative estimate of drug-likeness (QED) is 0.471. The smallest absolute Gasteiger partial charge is 0.324 e. The Morgan fingerprint density at radius 2 is 1.90 bits per heavy atom. The van der Waals surface area contributed by atoms with Crippen LogP contribution in [-0.4, -0.2) is 15.0 Å². The molecule has 0 unspecified atom stereocenters. The van der Waals surface area contributed by atoms with Crippen LogP contribution in [0.25, 0.3) is 10.2 Å². The average Bonchev–Trinajstić information content (AvgIpc) is 3.41. The van der Waals surface area contributed by atoms with Gasteiger partial charge in [0.15, 0.2) is 0 Å². The third-order valence-electron chi connectivity index (χ3n) is 4.84. The van der Waals surface area contributed by atoms with Gasteiger partial charge in [0.05, 0.1) is 5.52 Å². The van der Waals surface area contributed by atoms with E-state index in [1.165, 1.54) is 20.5 Å². The van der Waals surface area contributed by atoms with E-state index >= 15 is 0 Å². The highest BCUT2D eigenvalue weighted by Gasteiger charge is 2.17. The number of anilines is 1. The second kappa shape index (κ2) is 8.59. The fourth-order valence-corrected chi connectivity index (χ4v) is 4.95. The van der Waals surface area contributed by atoms with E-state index < -0.39 is 5.69 Å². The van der Waals surface area contributed by atoms with Crippen LogP contribution in [0.1, 0.15) is 10.4 Å². The van der Waals surface area contributed by atoms with E-state index in [1.54, 1.807) is 41.0 Å². The van der Waals surface area contributed by atoms with Gasteiger partial charge in [-0.15, -0.1) is 22.7 Å². The number of carbonyl (C=O) groups excluding carboxylic acids is 1. The maximum absolute atomic E-state index is 13.1. The van der Waals surface area contributed by atoms with Gasteiger partial charge in [-0.3, -0.25) is 18.7 Å². The molecule has 0 aliphatic rings. The maximum atomic E-state index is 13.1. The van der Waals surface area contributed by atoms with E-state index in [1.807, 2.05) is 24.4 Å². The molecule has 0 radical (unpaired) electrons. The molecule has 6 nitrogen and oxygen atoms in total. The number of halogens is 1. The lowest BCUT2D eigenvalue weighted by molar-refractivity contribution is -0.116. The predicted octanol–water partition coefficient (Wildman–Crippen LogP) is 4.13. The van der Waals surface area contributed by atoms with Gasteiger partial charge in [0.2, 0.25) is 5.91 Å². The van der Waals surface area contributed by atoms with E-state index in [9.17, 15) is 14.4 Å². The number of rotatable bonds is 6. The Morgan fingerprint density at radius 3 is 2.67 bits per heavy atom. The number of benzene rings is 1. The maximum Gasteiger partial charge on any atom is 0.332 e. The lowest BCUT2D eigenvalue weighted by Gasteiger charge is -2.13. The molecule has 4 rings (SSSR count). The van der Waals surface area contributed by atoms with Crippen molar-refractivity contribution >= 4 is 56.1 Å². The summed E-state index contributed by atoms with van der Waals surface area (Å²) in [5.74, 6) is -0.363. The summed E-state index contributed by atoms with van der Waals surface area (Å²) in [4.78, 5) is 39.7. The molecule has 1 amide bonds. The van der Waals surface area contributed by atoms with Crippen LogP contribution < -0.4 is 16.6 Å². The number of carbonyl (C=O) groups is 1. The van der Waals surface area contributed by atoms with Crippen molar-refractivity contribution in [1.82, 2.24) is 9.13 Å². The van der Waals surface area contributed by atoms with Crippen molar-refractivity contribution in [1.29, 1.82) is 0 Å². The van der Waals surface area contributed by atoms with Crippen LogP contribution in [0.5, 0.6) is 0 Å². The Balaban J connectivity index is 1.67. The number of nitrogens with zero attached hydrogens (tertiary/aromatic N) is 2. The zero-order valence-corrected chi connectivity index (χ0v) is 18.4. The first kappa shape index (κ1) is 20.6. The molecule has 154 valence electrons. The Bertz CT molecular complexity index is 1340. The first-order valence-corrected chi connectivity index (χ1v) is 11.4. The molecule has 0 aliphatic carbocycles. The second-order valence-electron chi connectivity index (χ2n) is 6.75. The van der Waals surface area contributed by atoms with E-state index in [2.05, 4.69) is 5.32 Å². The van der Waals surface area contributed by atoms with E-state index in [4.69, 9.17) is 11.6 Å². The van der Waals surface area contributed by atoms with E-state index in [-0.39, 0.29) is 24.6 Å². The number of aromatic nitrogens is 2. The number of hydrogen-bond acceptors (Lipinski definition) is 5. The summed E-state index contributed by atoms with van der Waals surface area (Å²) in [5.41, 5.74) is 1.01. The Labute approximate surface area is 185 Å². The molecule has 3 heterocycles. The summed E-state index contributed by atoms with van der Waals surface area (Å²) in [6.45, 7) is 1.88. The molecule has 3 aromatic heterocycles. The Kier molecular flexibility index (Phi) is 5.90. The number of nitrogens with one attached hydrogen (secondary N) is 1. The van der Waals surface area contributed by atoms with Gasteiger partial charge in [-0.2, -0.15) is 0 Å². The van der Waals surface area contributed by atoms with E-state index in [0.29, 0.717) is 27.3 Å². The Morgan fingerprint density at radius 1 is 1.07 bits per heavy atom. The van der Waals surface area contributed by atoms with Crippen molar-refractivity contribution < 1.29 is 4.79 Å². The van der Waals surface area contributed by atoms with Gasteiger partial charge < -0.3 is 5.32 Å². The van der Waals surface area contributed by atoms with Crippen molar-refractivity contribution in [3.8, 4) is 0 Å². The highest BCUT2D eigenvalue weighted by Crippen LogP contribution is 2.23. The van der Waals surface area contributed by atoms with Crippen LogP contribution >= 0.6 is 34.3 Å². The SMILES string of the molecule is Cc1c(Cl)cccc1NC(=O)Cn1c(=O)n(CCc2cccs2)c(=O)c2sccc21. The molecule has 1 N–H and O–H groups in total. The summed E-state index contributed by atoms with van der Waals surface area (Å²) in [6, 6.07) is 10.9. The van der Waals surface area contributed by atoms with Crippen LogP contribution in [0.3, 0.4) is 0 Å². The molecule has 4 aromatic rings. The second-order valence-corrected chi connectivity index (χ2v) is 9.11. The molecular formula is C21H18ClN3O3S2. The topological polar surface area (TPSA) is 73.1 Å². The normalized spacial score (nSPS) is 11.1. The highest BCUT2D eigenvalue weighted by atomic mass is 35.5. The molecule has 0 saturated heterocycles. The molecule has 1 aromatic carbocycles. The van der Waals surface area contributed by atoms with Gasteiger partial charge in [-0.1, -0.05) is 23.7 Å². The third kappa shape index (κ3) is 3.98. The summed E-state index contributed by atoms with van der Waals surface area (Å²) in [5, 5.41) is 7.07. The minimum Gasteiger partial charge on any atom is -0.324 e. The largest absolute Gasteiger partial charge is 0.332 e. The molecule has 0 aliphatic heterocycles. The summed E-state index contributed by atoms with van der Waals surface area (Å²) in [6.07, 6.45) is 0.581. The lowest BCUT2D eigenvalue weighted by Crippen LogP contribution is -2.41. The van der Waals surface area contributed by atoms with Crippen molar-refractivity contribution in [2.75, 3.05) is 5.32 Å². The monoisotopic (exact) mass is 459 g/mol. The van der Waals surface area contributed by atoms with Crippen molar-refractivity contribution in [3.63, 3.8) is 0 Å².